The first kappa shape index (κ1) is 29.0. The molecule has 244 valence electrons. The molecule has 0 saturated carbocycles. The van der Waals surface area contributed by atoms with Crippen LogP contribution in [0.5, 0.6) is 0 Å². The fourth-order valence-electron chi connectivity index (χ4n) is 7.78. The Hall–Kier alpha value is -6.76. The van der Waals surface area contributed by atoms with Crippen molar-refractivity contribution in [2.24, 2.45) is 0 Å². The molecule has 0 radical (unpaired) electrons. The maximum atomic E-state index is 4.71. The lowest BCUT2D eigenvalue weighted by atomic mass is 10.1. The molecule has 0 aliphatic heterocycles. The summed E-state index contributed by atoms with van der Waals surface area (Å²) in [5.74, 6) is 1.61. The van der Waals surface area contributed by atoms with E-state index in [1.54, 1.807) is 0 Å². The first-order chi connectivity index (χ1) is 25.8. The molecule has 0 atom stereocenters. The predicted molar refractivity (Wildman–Crippen MR) is 216 cm³/mol. The summed E-state index contributed by atoms with van der Waals surface area (Å²) in [7, 11) is 0. The number of benzene rings is 7. The van der Waals surface area contributed by atoms with Gasteiger partial charge in [-0.15, -0.1) is 21.5 Å². The van der Waals surface area contributed by atoms with Crippen LogP contribution in [0.1, 0.15) is 0 Å². The highest BCUT2D eigenvalue weighted by Crippen LogP contribution is 2.42. The van der Waals surface area contributed by atoms with E-state index < -0.39 is 0 Å². The third-order valence-electron chi connectivity index (χ3n) is 10.2. The van der Waals surface area contributed by atoms with E-state index in [0.717, 1.165) is 39.8 Å². The summed E-state index contributed by atoms with van der Waals surface area (Å²) < 4.78 is 9.50. The summed E-state index contributed by atoms with van der Waals surface area (Å²) in [6, 6.07) is 60.5. The second-order valence-electron chi connectivity index (χ2n) is 13.2. The Morgan fingerprint density at radius 2 is 0.962 bits per heavy atom. The standard InChI is InChI=1S/C46H29N5S/c1-4-12-30(13-5-1)45-47-48-46(31-14-6-2-7-15-31)51(45)35-22-20-34(21-23-35)50-41-27-39-36-18-10-11-19-43(36)52-44(39)28-38(41)37-26-32-24-25-49(40(32)29-42(37)50)33-16-8-3-9-17-33/h1-29H. The molecule has 6 heteroatoms. The van der Waals surface area contributed by atoms with Gasteiger partial charge in [0.2, 0.25) is 0 Å². The number of hydrogen-bond acceptors (Lipinski definition) is 3. The molecule has 0 N–H and O–H groups in total. The largest absolute Gasteiger partial charge is 0.316 e. The van der Waals surface area contributed by atoms with Gasteiger partial charge in [-0.05, 0) is 72.8 Å². The summed E-state index contributed by atoms with van der Waals surface area (Å²) >= 11 is 1.87. The van der Waals surface area contributed by atoms with Crippen molar-refractivity contribution in [3.8, 4) is 39.8 Å². The molecule has 7 aromatic carbocycles. The first-order valence-corrected chi connectivity index (χ1v) is 18.2. The van der Waals surface area contributed by atoms with Gasteiger partial charge in [-0.3, -0.25) is 4.57 Å². The Kier molecular flexibility index (Phi) is 6.35. The fraction of sp³-hybridized carbons (Fsp3) is 0. The maximum Gasteiger partial charge on any atom is 0.168 e. The van der Waals surface area contributed by atoms with Crippen LogP contribution in [0.3, 0.4) is 0 Å². The minimum Gasteiger partial charge on any atom is -0.316 e. The molecule has 4 heterocycles. The molecule has 52 heavy (non-hydrogen) atoms. The fourth-order valence-corrected chi connectivity index (χ4v) is 8.91. The van der Waals surface area contributed by atoms with E-state index in [9.17, 15) is 0 Å². The SMILES string of the molecule is c1ccc(-c2nnc(-c3ccccc3)n2-c2ccc(-n3c4cc5c(cc4c4cc6ccn(-c7ccccc7)c6cc43)sc3ccccc35)cc2)cc1. The molecule has 4 aromatic heterocycles. The van der Waals surface area contributed by atoms with Crippen LogP contribution < -0.4 is 0 Å². The Bertz CT molecular complexity index is 3040. The third kappa shape index (κ3) is 4.41. The zero-order valence-corrected chi connectivity index (χ0v) is 28.7. The van der Waals surface area contributed by atoms with Crippen molar-refractivity contribution >= 4 is 64.2 Å². The summed E-state index contributed by atoms with van der Waals surface area (Å²) in [6.07, 6.45) is 2.18. The Morgan fingerprint density at radius 1 is 0.385 bits per heavy atom. The molecule has 0 aliphatic carbocycles. The van der Waals surface area contributed by atoms with Gasteiger partial charge >= 0.3 is 0 Å². The number of hydrogen-bond donors (Lipinski definition) is 0. The molecule has 0 aliphatic rings. The maximum absolute atomic E-state index is 4.71. The molecular formula is C46H29N5S. The highest BCUT2D eigenvalue weighted by Gasteiger charge is 2.20. The molecular weight excluding hydrogens is 655 g/mol. The van der Waals surface area contributed by atoms with Crippen LogP contribution >= 0.6 is 11.3 Å². The van der Waals surface area contributed by atoms with Crippen LogP contribution in [0.25, 0.3) is 92.7 Å². The Morgan fingerprint density at radius 3 is 1.65 bits per heavy atom. The van der Waals surface area contributed by atoms with E-state index in [2.05, 4.69) is 153 Å². The minimum absolute atomic E-state index is 0.805. The summed E-state index contributed by atoms with van der Waals surface area (Å²) in [5, 5.41) is 15.7. The van der Waals surface area contributed by atoms with Crippen LogP contribution in [0, 0.1) is 0 Å². The average molecular weight is 684 g/mol. The number of rotatable bonds is 5. The van der Waals surface area contributed by atoms with E-state index in [1.165, 1.54) is 52.9 Å². The monoisotopic (exact) mass is 683 g/mol. The van der Waals surface area contributed by atoms with Crippen molar-refractivity contribution in [1.82, 2.24) is 23.9 Å². The van der Waals surface area contributed by atoms with Crippen molar-refractivity contribution < 1.29 is 0 Å². The van der Waals surface area contributed by atoms with Gasteiger partial charge < -0.3 is 9.13 Å². The minimum atomic E-state index is 0.805. The van der Waals surface area contributed by atoms with E-state index in [1.807, 2.05) is 47.7 Å². The van der Waals surface area contributed by atoms with Gasteiger partial charge in [0, 0.05) is 70.7 Å². The van der Waals surface area contributed by atoms with Gasteiger partial charge in [-0.2, -0.15) is 0 Å². The molecule has 11 rings (SSSR count). The highest BCUT2D eigenvalue weighted by molar-refractivity contribution is 7.25. The predicted octanol–water partition coefficient (Wildman–Crippen LogP) is 12.0. The molecule has 0 bridgehead atoms. The van der Waals surface area contributed by atoms with Crippen LogP contribution in [0.2, 0.25) is 0 Å². The van der Waals surface area contributed by atoms with Crippen molar-refractivity contribution in [1.29, 1.82) is 0 Å². The first-order valence-electron chi connectivity index (χ1n) is 17.4. The lowest BCUT2D eigenvalue weighted by molar-refractivity contribution is 1.07. The van der Waals surface area contributed by atoms with Crippen molar-refractivity contribution in [3.63, 3.8) is 0 Å². The normalized spacial score (nSPS) is 11.8. The van der Waals surface area contributed by atoms with E-state index in [-0.39, 0.29) is 0 Å². The molecule has 0 spiro atoms. The molecule has 11 aromatic rings. The van der Waals surface area contributed by atoms with Crippen LogP contribution in [-0.2, 0) is 0 Å². The average Bonchev–Trinajstić information content (AvgIpc) is 3.99. The van der Waals surface area contributed by atoms with Crippen molar-refractivity contribution in [2.75, 3.05) is 0 Å². The van der Waals surface area contributed by atoms with Gasteiger partial charge in [0.15, 0.2) is 11.6 Å². The molecule has 0 unspecified atom stereocenters. The van der Waals surface area contributed by atoms with Gasteiger partial charge in [0.1, 0.15) is 0 Å². The van der Waals surface area contributed by atoms with Crippen molar-refractivity contribution in [2.45, 2.75) is 0 Å². The van der Waals surface area contributed by atoms with Crippen LogP contribution in [0.15, 0.2) is 176 Å². The summed E-state index contributed by atoms with van der Waals surface area (Å²) in [6.45, 7) is 0. The highest BCUT2D eigenvalue weighted by atomic mass is 32.1. The van der Waals surface area contributed by atoms with Gasteiger partial charge in [0.25, 0.3) is 0 Å². The number of aromatic nitrogens is 5. The quantitative estimate of drug-likeness (QED) is 0.181. The summed E-state index contributed by atoms with van der Waals surface area (Å²) in [5.41, 5.74) is 8.81. The van der Waals surface area contributed by atoms with E-state index in [0.29, 0.717) is 0 Å². The number of nitrogens with zero attached hydrogens (tertiary/aromatic N) is 5. The van der Waals surface area contributed by atoms with Crippen molar-refractivity contribution in [3.05, 3.63) is 176 Å². The molecule has 0 fully saturated rings. The van der Waals surface area contributed by atoms with E-state index >= 15 is 0 Å². The third-order valence-corrected chi connectivity index (χ3v) is 11.3. The number of thiophene rings is 1. The zero-order chi connectivity index (χ0) is 34.2. The summed E-state index contributed by atoms with van der Waals surface area (Å²) in [4.78, 5) is 0. The van der Waals surface area contributed by atoms with E-state index in [4.69, 9.17) is 10.2 Å². The second-order valence-corrected chi connectivity index (χ2v) is 14.3. The Labute approximate surface area is 302 Å². The number of fused-ring (bicyclic) bond motifs is 7. The molecule has 5 nitrogen and oxygen atoms in total. The number of para-hydroxylation sites is 1. The molecule has 0 amide bonds. The topological polar surface area (TPSA) is 40.6 Å². The lowest BCUT2D eigenvalue weighted by Gasteiger charge is -2.13. The zero-order valence-electron chi connectivity index (χ0n) is 27.9. The van der Waals surface area contributed by atoms with Gasteiger partial charge in [-0.25, -0.2) is 0 Å². The van der Waals surface area contributed by atoms with Crippen LogP contribution in [-0.4, -0.2) is 23.9 Å². The smallest absolute Gasteiger partial charge is 0.168 e. The Balaban J connectivity index is 1.16. The van der Waals surface area contributed by atoms with Crippen LogP contribution in [0.4, 0.5) is 0 Å². The van der Waals surface area contributed by atoms with Gasteiger partial charge in [-0.1, -0.05) is 97.1 Å². The van der Waals surface area contributed by atoms with Gasteiger partial charge in [0.05, 0.1) is 16.6 Å². The molecule has 0 saturated heterocycles. The second kappa shape index (κ2) is 11.4. The lowest BCUT2D eigenvalue weighted by Crippen LogP contribution is -2.01.